The van der Waals surface area contributed by atoms with Crippen LogP contribution < -0.4 is 10.6 Å². The van der Waals surface area contributed by atoms with Gasteiger partial charge in [0.2, 0.25) is 5.91 Å². The molecule has 0 bridgehead atoms. The van der Waals surface area contributed by atoms with Crippen molar-refractivity contribution in [1.29, 1.82) is 0 Å². The van der Waals surface area contributed by atoms with Gasteiger partial charge in [0.1, 0.15) is 6.54 Å². The van der Waals surface area contributed by atoms with Crippen LogP contribution in [0.3, 0.4) is 0 Å². The van der Waals surface area contributed by atoms with E-state index in [1.54, 1.807) is 7.05 Å². The monoisotopic (exact) mass is 254 g/mol. The smallest absolute Gasteiger partial charge is 0.257 e. The van der Waals surface area contributed by atoms with E-state index in [9.17, 15) is 13.6 Å². The second-order valence-corrected chi connectivity index (χ2v) is 2.92. The standard InChI is InChI=1S/C8H12F2N4O.ClH/c1-11-3-8(15)13-6-2-12-14(4-6)5-7(9)10;/h2,4,7,11H,3,5H2,1H3,(H,13,15);1H. The van der Waals surface area contributed by atoms with Crippen molar-refractivity contribution in [3.63, 3.8) is 0 Å². The van der Waals surface area contributed by atoms with E-state index in [1.165, 1.54) is 12.4 Å². The Kier molecular flexibility index (Phi) is 6.59. The van der Waals surface area contributed by atoms with Crippen LogP contribution in [0, 0.1) is 0 Å². The van der Waals surface area contributed by atoms with Gasteiger partial charge in [0, 0.05) is 6.20 Å². The molecule has 0 atom stereocenters. The van der Waals surface area contributed by atoms with Gasteiger partial charge in [0.25, 0.3) is 6.43 Å². The fourth-order valence-electron chi connectivity index (χ4n) is 1.04. The van der Waals surface area contributed by atoms with E-state index in [4.69, 9.17) is 0 Å². The summed E-state index contributed by atoms with van der Waals surface area (Å²) < 4.78 is 25.0. The molecule has 16 heavy (non-hydrogen) atoms. The van der Waals surface area contributed by atoms with E-state index in [1.807, 2.05) is 0 Å². The van der Waals surface area contributed by atoms with Crippen LogP contribution in [-0.4, -0.2) is 35.7 Å². The van der Waals surface area contributed by atoms with E-state index in [0.29, 0.717) is 5.69 Å². The van der Waals surface area contributed by atoms with Crippen LogP contribution in [-0.2, 0) is 11.3 Å². The molecular weight excluding hydrogens is 242 g/mol. The van der Waals surface area contributed by atoms with Crippen molar-refractivity contribution in [2.45, 2.75) is 13.0 Å². The fraction of sp³-hybridized carbons (Fsp3) is 0.500. The lowest BCUT2D eigenvalue weighted by Crippen LogP contribution is -2.24. The highest BCUT2D eigenvalue weighted by molar-refractivity contribution is 5.91. The van der Waals surface area contributed by atoms with Gasteiger partial charge in [-0.05, 0) is 7.05 Å². The Hall–Kier alpha value is -1.21. The SMILES string of the molecule is CNCC(=O)Nc1cnn(CC(F)F)c1.Cl. The van der Waals surface area contributed by atoms with Crippen LogP contribution in [0.5, 0.6) is 0 Å². The topological polar surface area (TPSA) is 59.0 Å². The predicted octanol–water partition coefficient (Wildman–Crippen LogP) is 0.728. The molecule has 1 amide bonds. The van der Waals surface area contributed by atoms with Gasteiger partial charge >= 0.3 is 0 Å². The minimum Gasteiger partial charge on any atom is -0.322 e. The number of hydrogen-bond acceptors (Lipinski definition) is 3. The Morgan fingerprint density at radius 2 is 2.31 bits per heavy atom. The first kappa shape index (κ1) is 14.8. The number of carbonyl (C=O) groups excluding carboxylic acids is 1. The van der Waals surface area contributed by atoms with Crippen molar-refractivity contribution in [3.8, 4) is 0 Å². The Bertz CT molecular complexity index is 332. The first-order valence-electron chi connectivity index (χ1n) is 4.37. The Morgan fingerprint density at radius 1 is 1.62 bits per heavy atom. The molecule has 8 heteroatoms. The van der Waals surface area contributed by atoms with Crippen molar-refractivity contribution in [2.75, 3.05) is 18.9 Å². The number of alkyl halides is 2. The number of hydrogen-bond donors (Lipinski definition) is 2. The highest BCUT2D eigenvalue weighted by atomic mass is 35.5. The molecule has 0 aliphatic heterocycles. The number of nitrogens with one attached hydrogen (secondary N) is 2. The highest BCUT2D eigenvalue weighted by Crippen LogP contribution is 2.06. The molecule has 92 valence electrons. The lowest BCUT2D eigenvalue weighted by Gasteiger charge is -2.00. The summed E-state index contributed by atoms with van der Waals surface area (Å²) in [5.74, 6) is -0.242. The second kappa shape index (κ2) is 7.13. The zero-order valence-electron chi connectivity index (χ0n) is 8.61. The molecule has 2 N–H and O–H groups in total. The molecule has 0 fully saturated rings. The number of nitrogens with zero attached hydrogens (tertiary/aromatic N) is 2. The Morgan fingerprint density at radius 3 is 2.88 bits per heavy atom. The lowest BCUT2D eigenvalue weighted by atomic mass is 10.5. The summed E-state index contributed by atoms with van der Waals surface area (Å²) in [7, 11) is 1.64. The van der Waals surface area contributed by atoms with E-state index < -0.39 is 13.0 Å². The van der Waals surface area contributed by atoms with Crippen molar-refractivity contribution in [3.05, 3.63) is 12.4 Å². The number of amides is 1. The molecule has 0 spiro atoms. The summed E-state index contributed by atoms with van der Waals surface area (Å²) in [5, 5.41) is 8.85. The van der Waals surface area contributed by atoms with Gasteiger partial charge < -0.3 is 10.6 Å². The lowest BCUT2D eigenvalue weighted by molar-refractivity contribution is -0.115. The van der Waals surface area contributed by atoms with Gasteiger partial charge in [0.15, 0.2) is 0 Å². The Labute approximate surface area is 97.6 Å². The molecule has 0 saturated carbocycles. The molecule has 0 aliphatic rings. The van der Waals surface area contributed by atoms with Crippen molar-refractivity contribution in [2.24, 2.45) is 0 Å². The van der Waals surface area contributed by atoms with Crippen LogP contribution in [0.15, 0.2) is 12.4 Å². The van der Waals surface area contributed by atoms with Crippen molar-refractivity contribution < 1.29 is 13.6 Å². The molecule has 0 aliphatic carbocycles. The van der Waals surface area contributed by atoms with Gasteiger partial charge in [-0.1, -0.05) is 0 Å². The van der Waals surface area contributed by atoms with Gasteiger partial charge in [-0.25, -0.2) is 8.78 Å². The molecule has 0 saturated heterocycles. The molecule has 0 aromatic carbocycles. The number of rotatable bonds is 5. The number of likely N-dealkylation sites (N-methyl/N-ethyl adjacent to an activating group) is 1. The number of anilines is 1. The normalized spacial score (nSPS) is 10.0. The second-order valence-electron chi connectivity index (χ2n) is 2.92. The highest BCUT2D eigenvalue weighted by Gasteiger charge is 2.07. The first-order chi connectivity index (χ1) is 7.11. The molecule has 1 heterocycles. The summed E-state index contributed by atoms with van der Waals surface area (Å²) in [6.07, 6.45) is 0.237. The molecule has 1 aromatic heterocycles. The van der Waals surface area contributed by atoms with E-state index in [0.717, 1.165) is 4.68 Å². The zero-order valence-corrected chi connectivity index (χ0v) is 9.43. The van der Waals surface area contributed by atoms with E-state index in [2.05, 4.69) is 15.7 Å². The zero-order chi connectivity index (χ0) is 11.3. The largest absolute Gasteiger partial charge is 0.322 e. The van der Waals surface area contributed by atoms with Gasteiger partial charge in [0.05, 0.1) is 18.4 Å². The molecule has 0 radical (unpaired) electrons. The van der Waals surface area contributed by atoms with Crippen LogP contribution in [0.25, 0.3) is 0 Å². The summed E-state index contributed by atoms with van der Waals surface area (Å²) >= 11 is 0. The Balaban J connectivity index is 0.00000225. The van der Waals surface area contributed by atoms with Crippen LogP contribution in [0.2, 0.25) is 0 Å². The average Bonchev–Trinajstić information content (AvgIpc) is 2.51. The molecular formula is C8H13ClF2N4O. The minimum atomic E-state index is -2.45. The number of aromatic nitrogens is 2. The summed E-state index contributed by atoms with van der Waals surface area (Å²) in [5.41, 5.74) is 0.413. The van der Waals surface area contributed by atoms with E-state index >= 15 is 0 Å². The molecule has 1 aromatic rings. The summed E-state index contributed by atoms with van der Waals surface area (Å²) in [6, 6.07) is 0. The third-order valence-corrected chi connectivity index (χ3v) is 1.58. The molecule has 1 rings (SSSR count). The van der Waals surface area contributed by atoms with Crippen LogP contribution in [0.1, 0.15) is 0 Å². The first-order valence-corrected chi connectivity index (χ1v) is 4.37. The number of halogens is 3. The summed E-state index contributed by atoms with van der Waals surface area (Å²) in [6.45, 7) is -0.304. The summed E-state index contributed by atoms with van der Waals surface area (Å²) in [4.78, 5) is 11.1. The maximum absolute atomic E-state index is 12.0. The predicted molar refractivity (Wildman–Crippen MR) is 58.0 cm³/mol. The van der Waals surface area contributed by atoms with Crippen molar-refractivity contribution in [1.82, 2.24) is 15.1 Å². The quantitative estimate of drug-likeness (QED) is 0.814. The third kappa shape index (κ3) is 5.04. The fourth-order valence-corrected chi connectivity index (χ4v) is 1.04. The van der Waals surface area contributed by atoms with Crippen LogP contribution >= 0.6 is 12.4 Å². The maximum Gasteiger partial charge on any atom is 0.257 e. The molecule has 5 nitrogen and oxygen atoms in total. The maximum atomic E-state index is 12.0. The van der Waals surface area contributed by atoms with Gasteiger partial charge in [-0.15, -0.1) is 12.4 Å². The van der Waals surface area contributed by atoms with Crippen molar-refractivity contribution >= 4 is 24.0 Å². The average molecular weight is 255 g/mol. The third-order valence-electron chi connectivity index (χ3n) is 1.58. The molecule has 0 unspecified atom stereocenters. The van der Waals surface area contributed by atoms with E-state index in [-0.39, 0.29) is 24.9 Å². The van der Waals surface area contributed by atoms with Gasteiger partial charge in [-0.3, -0.25) is 9.48 Å². The van der Waals surface area contributed by atoms with Gasteiger partial charge in [-0.2, -0.15) is 5.10 Å². The number of carbonyl (C=O) groups is 1. The van der Waals surface area contributed by atoms with Crippen LogP contribution in [0.4, 0.5) is 14.5 Å². The minimum absolute atomic E-state index is 0.